The zero-order valence-corrected chi connectivity index (χ0v) is 15.1. The summed E-state index contributed by atoms with van der Waals surface area (Å²) in [6.45, 7) is 4.94. The monoisotopic (exact) mass is 408 g/mol. The van der Waals surface area contributed by atoms with Crippen molar-refractivity contribution in [1.29, 1.82) is 0 Å². The Morgan fingerprint density at radius 3 is 2.07 bits per heavy atom. The third-order valence-corrected chi connectivity index (χ3v) is 5.95. The van der Waals surface area contributed by atoms with Crippen molar-refractivity contribution in [3.8, 4) is 0 Å². The van der Waals surface area contributed by atoms with E-state index in [1.165, 1.54) is 6.92 Å². The minimum atomic E-state index is -5.56. The van der Waals surface area contributed by atoms with E-state index in [2.05, 4.69) is 11.3 Å². The molecule has 0 heterocycles. The van der Waals surface area contributed by atoms with Gasteiger partial charge in [-0.1, -0.05) is 6.58 Å². The Kier molecular flexibility index (Phi) is 4.55. The molecule has 2 unspecified atom stereocenters. The summed E-state index contributed by atoms with van der Waals surface area (Å²) in [5.74, 6) is -11.1. The van der Waals surface area contributed by atoms with Crippen LogP contribution in [0.5, 0.6) is 0 Å². The molecule has 4 rings (SSSR count). The third-order valence-electron chi connectivity index (χ3n) is 5.95. The van der Waals surface area contributed by atoms with Crippen molar-refractivity contribution < 1.29 is 46.5 Å². The minimum Gasteiger partial charge on any atom is -0.477 e. The van der Waals surface area contributed by atoms with Gasteiger partial charge in [-0.15, -0.1) is 0 Å². The maximum Gasteiger partial charge on any atom is 0.478 e. The number of ether oxygens (including phenoxy) is 2. The van der Waals surface area contributed by atoms with E-state index < -0.39 is 41.0 Å². The van der Waals surface area contributed by atoms with Gasteiger partial charge in [0.25, 0.3) is 0 Å². The van der Waals surface area contributed by atoms with Gasteiger partial charge in [-0.2, -0.15) is 17.6 Å². The predicted octanol–water partition coefficient (Wildman–Crippen LogP) is 3.30. The van der Waals surface area contributed by atoms with Gasteiger partial charge in [-0.05, 0) is 50.9 Å². The molecule has 0 aliphatic heterocycles. The molecule has 10 heteroatoms. The second-order valence-electron chi connectivity index (χ2n) is 8.38. The highest BCUT2D eigenvalue weighted by atomic mass is 19.3. The number of hydrogen-bond acceptors (Lipinski definition) is 5. The van der Waals surface area contributed by atoms with E-state index >= 15 is 0 Å². The van der Waals surface area contributed by atoms with Gasteiger partial charge in [0.15, 0.2) is 0 Å². The first-order chi connectivity index (χ1) is 12.7. The molecule has 2 atom stereocenters. The molecule has 4 bridgehead atoms. The summed E-state index contributed by atoms with van der Waals surface area (Å²) < 4.78 is 63.4. The first-order valence-electron chi connectivity index (χ1n) is 8.83. The van der Waals surface area contributed by atoms with E-state index in [9.17, 15) is 31.9 Å². The Bertz CT molecular complexity index is 732. The Morgan fingerprint density at radius 2 is 1.61 bits per heavy atom. The second kappa shape index (κ2) is 6.18. The molecule has 0 saturated heterocycles. The average Bonchev–Trinajstić information content (AvgIpc) is 2.52. The molecule has 156 valence electrons. The molecule has 28 heavy (non-hydrogen) atoms. The molecule has 0 amide bonds. The fraction of sp³-hybridized carbons (Fsp3) is 0.722. The van der Waals surface area contributed by atoms with E-state index in [0.717, 1.165) is 0 Å². The largest absolute Gasteiger partial charge is 0.478 e. The maximum absolute atomic E-state index is 13.7. The van der Waals surface area contributed by atoms with Crippen molar-refractivity contribution in [3.63, 3.8) is 0 Å². The molecular weight excluding hydrogens is 388 g/mol. The highest BCUT2D eigenvalue weighted by Gasteiger charge is 2.69. The van der Waals surface area contributed by atoms with Gasteiger partial charge >= 0.3 is 29.9 Å². The predicted molar refractivity (Wildman–Crippen MR) is 84.4 cm³/mol. The summed E-state index contributed by atoms with van der Waals surface area (Å²) in [4.78, 5) is 35.0. The fourth-order valence-corrected chi connectivity index (χ4v) is 5.23. The summed E-state index contributed by atoms with van der Waals surface area (Å²) in [6.07, 6.45) is -3.74. The number of halogens is 4. The Balaban J connectivity index is 1.85. The van der Waals surface area contributed by atoms with Gasteiger partial charge in [0.1, 0.15) is 5.60 Å². The third kappa shape index (κ3) is 3.16. The Morgan fingerprint density at radius 1 is 1.07 bits per heavy atom. The van der Waals surface area contributed by atoms with E-state index in [-0.39, 0.29) is 36.7 Å². The van der Waals surface area contributed by atoms with Crippen LogP contribution in [0.1, 0.15) is 45.4 Å². The molecule has 4 aliphatic rings. The van der Waals surface area contributed by atoms with E-state index in [1.54, 1.807) is 0 Å². The molecule has 4 aliphatic carbocycles. The zero-order valence-electron chi connectivity index (χ0n) is 15.1. The molecule has 0 aromatic carbocycles. The molecule has 0 aromatic rings. The van der Waals surface area contributed by atoms with Crippen molar-refractivity contribution in [2.45, 2.75) is 63.1 Å². The molecule has 4 fully saturated rings. The van der Waals surface area contributed by atoms with Crippen LogP contribution in [0.2, 0.25) is 0 Å². The summed E-state index contributed by atoms with van der Waals surface area (Å²) in [5, 5.41) is 8.33. The lowest BCUT2D eigenvalue weighted by molar-refractivity contribution is -0.330. The van der Waals surface area contributed by atoms with E-state index in [0.29, 0.717) is 19.3 Å². The zero-order chi connectivity index (χ0) is 21.1. The molecule has 4 saturated carbocycles. The maximum atomic E-state index is 13.7. The molecule has 1 N–H and O–H groups in total. The quantitative estimate of drug-likeness (QED) is 0.412. The number of carboxylic acids is 1. The van der Waals surface area contributed by atoms with Crippen LogP contribution in [0.25, 0.3) is 0 Å². The summed E-state index contributed by atoms with van der Waals surface area (Å²) in [5.41, 5.74) is -2.44. The highest BCUT2D eigenvalue weighted by Crippen LogP contribution is 2.63. The lowest BCUT2D eigenvalue weighted by Crippen LogP contribution is -2.61. The van der Waals surface area contributed by atoms with E-state index in [4.69, 9.17) is 9.84 Å². The number of carboxylic acid groups (broad SMARTS) is 1. The van der Waals surface area contributed by atoms with Gasteiger partial charge < -0.3 is 14.6 Å². The second-order valence-corrected chi connectivity index (χ2v) is 8.38. The normalized spacial score (nSPS) is 34.0. The standard InChI is InChI=1S/C18H20F4O6/c1-9(2)12(23)27-16-6-10-3-11(7-16)5-15(4-10,8-16)14(26)28-18(21,22)17(19,20)13(24)25/h10-11H,1,3-8H2,2H3,(H,24,25). The average molecular weight is 408 g/mol. The van der Waals surface area contributed by atoms with Crippen molar-refractivity contribution in [2.75, 3.05) is 0 Å². The van der Waals surface area contributed by atoms with Crippen LogP contribution >= 0.6 is 0 Å². The molecule has 0 radical (unpaired) electrons. The van der Waals surface area contributed by atoms with Gasteiger partial charge in [-0.25, -0.2) is 9.59 Å². The first kappa shape index (κ1) is 20.6. The van der Waals surface area contributed by atoms with Gasteiger partial charge in [0.2, 0.25) is 0 Å². The molecule has 6 nitrogen and oxygen atoms in total. The number of rotatable bonds is 6. The van der Waals surface area contributed by atoms with Crippen LogP contribution in [-0.2, 0) is 23.9 Å². The van der Waals surface area contributed by atoms with Gasteiger partial charge in [0.05, 0.1) is 5.41 Å². The Labute approximate surface area is 157 Å². The number of carbonyl (C=O) groups excluding carboxylic acids is 2. The van der Waals surface area contributed by atoms with Crippen LogP contribution in [0.15, 0.2) is 12.2 Å². The van der Waals surface area contributed by atoms with Crippen molar-refractivity contribution in [2.24, 2.45) is 17.3 Å². The Hall–Kier alpha value is -2.13. The lowest BCUT2D eigenvalue weighted by atomic mass is 9.48. The van der Waals surface area contributed by atoms with Crippen LogP contribution in [0.4, 0.5) is 17.6 Å². The summed E-state index contributed by atoms with van der Waals surface area (Å²) >= 11 is 0. The number of carbonyl (C=O) groups is 3. The van der Waals surface area contributed by atoms with Gasteiger partial charge in [0, 0.05) is 12.0 Å². The highest BCUT2D eigenvalue weighted by molar-refractivity contribution is 5.87. The SMILES string of the molecule is C=C(C)C(=O)OC12CC3CC(C1)CC(C(=O)OC(F)(F)C(F)(F)C(=O)O)(C3)C2. The van der Waals surface area contributed by atoms with Crippen molar-refractivity contribution in [3.05, 3.63) is 12.2 Å². The number of aliphatic carboxylic acids is 1. The van der Waals surface area contributed by atoms with Crippen LogP contribution in [0, 0.1) is 17.3 Å². The van der Waals surface area contributed by atoms with Crippen molar-refractivity contribution >= 4 is 17.9 Å². The summed E-state index contributed by atoms with van der Waals surface area (Å²) in [7, 11) is 0. The first-order valence-corrected chi connectivity index (χ1v) is 8.83. The fourth-order valence-electron chi connectivity index (χ4n) is 5.23. The van der Waals surface area contributed by atoms with E-state index in [1.807, 2.05) is 0 Å². The van der Waals surface area contributed by atoms with Gasteiger partial charge in [-0.3, -0.25) is 4.79 Å². The minimum absolute atomic E-state index is 0.111. The molecular formula is C18H20F4O6. The topological polar surface area (TPSA) is 89.9 Å². The van der Waals surface area contributed by atoms with Crippen molar-refractivity contribution in [1.82, 2.24) is 0 Å². The van der Waals surface area contributed by atoms with Crippen LogP contribution in [-0.4, -0.2) is 40.6 Å². The van der Waals surface area contributed by atoms with Crippen LogP contribution < -0.4 is 0 Å². The number of esters is 2. The molecule has 0 aromatic heterocycles. The summed E-state index contributed by atoms with van der Waals surface area (Å²) in [6, 6.07) is 0. The van der Waals surface area contributed by atoms with Crippen LogP contribution in [0.3, 0.4) is 0 Å². The number of hydrogen-bond donors (Lipinski definition) is 1. The lowest BCUT2D eigenvalue weighted by Gasteiger charge is -2.59. The smallest absolute Gasteiger partial charge is 0.477 e. The molecule has 0 spiro atoms. The number of alkyl halides is 4.